The number of hydrogen-bond acceptors (Lipinski definition) is 6. The van der Waals surface area contributed by atoms with Crippen molar-refractivity contribution in [3.05, 3.63) is 77.6 Å². The molecule has 7 heteroatoms. The van der Waals surface area contributed by atoms with E-state index in [9.17, 15) is 9.59 Å². The Bertz CT molecular complexity index is 1230. The molecule has 0 saturated carbocycles. The molecule has 30 heavy (non-hydrogen) atoms. The molecule has 0 saturated heterocycles. The van der Waals surface area contributed by atoms with Crippen molar-refractivity contribution in [3.63, 3.8) is 0 Å². The number of ether oxygens (including phenoxy) is 1. The van der Waals surface area contributed by atoms with Crippen LogP contribution < -0.4 is 5.32 Å². The molecule has 150 valence electrons. The van der Waals surface area contributed by atoms with Gasteiger partial charge in [-0.25, -0.2) is 14.8 Å². The van der Waals surface area contributed by atoms with Gasteiger partial charge >= 0.3 is 5.97 Å². The fraction of sp³-hybridized carbons (Fsp3) is 0.130. The average molecular weight is 417 g/mol. The first-order chi connectivity index (χ1) is 14.5. The fourth-order valence-electron chi connectivity index (χ4n) is 2.93. The maximum atomic E-state index is 12.5. The van der Waals surface area contributed by atoms with Crippen molar-refractivity contribution in [1.29, 1.82) is 0 Å². The number of hydrogen-bond donors (Lipinski definition) is 1. The van der Waals surface area contributed by atoms with Crippen LogP contribution in [0.4, 0.5) is 5.69 Å². The van der Waals surface area contributed by atoms with Crippen LogP contribution in [0.1, 0.15) is 33.5 Å². The first-order valence-electron chi connectivity index (χ1n) is 9.46. The summed E-state index contributed by atoms with van der Waals surface area (Å²) >= 11 is 1.64. The molecule has 0 aliphatic heterocycles. The molecule has 1 amide bonds. The number of amides is 1. The van der Waals surface area contributed by atoms with Gasteiger partial charge in [-0.05, 0) is 67.9 Å². The lowest BCUT2D eigenvalue weighted by atomic mass is 10.2. The van der Waals surface area contributed by atoms with Crippen molar-refractivity contribution >= 4 is 39.1 Å². The van der Waals surface area contributed by atoms with Crippen LogP contribution in [0.15, 0.2) is 60.7 Å². The molecule has 0 aliphatic carbocycles. The molecule has 2 heterocycles. The van der Waals surface area contributed by atoms with Gasteiger partial charge < -0.3 is 10.1 Å². The van der Waals surface area contributed by atoms with Crippen LogP contribution in [-0.2, 0) is 4.74 Å². The third-order valence-corrected chi connectivity index (χ3v) is 5.47. The summed E-state index contributed by atoms with van der Waals surface area (Å²) in [5, 5.41) is 3.73. The van der Waals surface area contributed by atoms with Crippen molar-refractivity contribution in [1.82, 2.24) is 9.97 Å². The monoisotopic (exact) mass is 417 g/mol. The number of rotatable bonds is 5. The van der Waals surface area contributed by atoms with Gasteiger partial charge in [0.15, 0.2) is 0 Å². The highest BCUT2D eigenvalue weighted by Gasteiger charge is 2.13. The van der Waals surface area contributed by atoms with E-state index in [0.29, 0.717) is 5.69 Å². The molecule has 0 spiro atoms. The number of benzene rings is 2. The molecule has 6 nitrogen and oxygen atoms in total. The molecule has 0 fully saturated rings. The van der Waals surface area contributed by atoms with E-state index in [0.717, 1.165) is 20.8 Å². The van der Waals surface area contributed by atoms with Crippen LogP contribution in [-0.4, -0.2) is 28.5 Å². The summed E-state index contributed by atoms with van der Waals surface area (Å²) in [6, 6.07) is 18.4. The predicted octanol–water partition coefficient (Wildman–Crippen LogP) is 5.10. The van der Waals surface area contributed by atoms with Crippen molar-refractivity contribution in [2.24, 2.45) is 0 Å². The highest BCUT2D eigenvalue weighted by Crippen LogP contribution is 2.31. The summed E-state index contributed by atoms with van der Waals surface area (Å²) < 4.78 is 6.07. The molecular weight excluding hydrogens is 398 g/mol. The molecule has 2 aromatic carbocycles. The normalized spacial score (nSPS) is 10.7. The standard InChI is InChI=1S/C23H19N3O3S/c1-3-29-23(28)19-6-4-5-18(25-19)21(27)24-16-10-8-15(9-11-16)22-26-17-12-7-14(2)13-20(17)30-22/h4-13H,3H2,1-2H3,(H,24,27). The van der Waals surface area contributed by atoms with Crippen LogP contribution in [0.25, 0.3) is 20.8 Å². The number of carbonyl (C=O) groups excluding carboxylic acids is 2. The summed E-state index contributed by atoms with van der Waals surface area (Å²) in [6.07, 6.45) is 0. The Labute approximate surface area is 177 Å². The highest BCUT2D eigenvalue weighted by atomic mass is 32.1. The van der Waals surface area contributed by atoms with Crippen LogP contribution >= 0.6 is 11.3 Å². The first-order valence-corrected chi connectivity index (χ1v) is 10.3. The number of nitrogens with zero attached hydrogens (tertiary/aromatic N) is 2. The zero-order chi connectivity index (χ0) is 21.1. The second kappa shape index (κ2) is 8.42. The van der Waals surface area contributed by atoms with Gasteiger partial charge in [0.1, 0.15) is 16.4 Å². The van der Waals surface area contributed by atoms with E-state index in [2.05, 4.69) is 34.3 Å². The van der Waals surface area contributed by atoms with Crippen molar-refractivity contribution in [2.75, 3.05) is 11.9 Å². The van der Waals surface area contributed by atoms with Crippen molar-refractivity contribution in [3.8, 4) is 10.6 Å². The first kappa shape index (κ1) is 19.7. The van der Waals surface area contributed by atoms with E-state index in [1.54, 1.807) is 30.4 Å². The number of fused-ring (bicyclic) bond motifs is 1. The van der Waals surface area contributed by atoms with Crippen LogP contribution in [0, 0.1) is 6.92 Å². The van der Waals surface area contributed by atoms with E-state index in [4.69, 9.17) is 4.74 Å². The summed E-state index contributed by atoms with van der Waals surface area (Å²) in [6.45, 7) is 4.03. The Hall–Kier alpha value is -3.58. The lowest BCUT2D eigenvalue weighted by molar-refractivity contribution is 0.0519. The third-order valence-electron chi connectivity index (χ3n) is 4.40. The minimum atomic E-state index is -0.553. The van der Waals surface area contributed by atoms with Gasteiger partial charge in [0.25, 0.3) is 5.91 Å². The van der Waals surface area contributed by atoms with Gasteiger partial charge in [-0.3, -0.25) is 4.79 Å². The molecule has 4 aromatic rings. The van der Waals surface area contributed by atoms with Gasteiger partial charge in [0, 0.05) is 11.3 Å². The fourth-order valence-corrected chi connectivity index (χ4v) is 4.00. The minimum Gasteiger partial charge on any atom is -0.461 e. The van der Waals surface area contributed by atoms with E-state index < -0.39 is 11.9 Å². The van der Waals surface area contributed by atoms with Crippen LogP contribution in [0.2, 0.25) is 0 Å². The molecule has 0 radical (unpaired) electrons. The molecule has 0 atom stereocenters. The molecule has 4 rings (SSSR count). The van der Waals surface area contributed by atoms with E-state index in [-0.39, 0.29) is 18.0 Å². The maximum Gasteiger partial charge on any atom is 0.356 e. The number of aryl methyl sites for hydroxylation is 1. The Morgan fingerprint density at radius 3 is 2.53 bits per heavy atom. The topological polar surface area (TPSA) is 81.2 Å². The highest BCUT2D eigenvalue weighted by molar-refractivity contribution is 7.21. The second-order valence-corrected chi connectivity index (χ2v) is 7.68. The number of anilines is 1. The van der Waals surface area contributed by atoms with Gasteiger partial charge in [-0.2, -0.15) is 0 Å². The van der Waals surface area contributed by atoms with E-state index >= 15 is 0 Å². The lowest BCUT2D eigenvalue weighted by Gasteiger charge is -2.07. The molecule has 0 aliphatic rings. The summed E-state index contributed by atoms with van der Waals surface area (Å²) in [4.78, 5) is 33.1. The lowest BCUT2D eigenvalue weighted by Crippen LogP contribution is -2.16. The summed E-state index contributed by atoms with van der Waals surface area (Å²) in [5.74, 6) is -0.952. The molecular formula is C23H19N3O3S. The number of carbonyl (C=O) groups is 2. The van der Waals surface area contributed by atoms with Gasteiger partial charge in [0.2, 0.25) is 0 Å². The number of nitrogens with one attached hydrogen (secondary N) is 1. The van der Waals surface area contributed by atoms with Crippen LogP contribution in [0.3, 0.4) is 0 Å². The number of esters is 1. The van der Waals surface area contributed by atoms with Crippen LogP contribution in [0.5, 0.6) is 0 Å². The number of thiazole rings is 1. The van der Waals surface area contributed by atoms with E-state index in [1.807, 2.05) is 30.3 Å². The Balaban J connectivity index is 1.50. The zero-order valence-electron chi connectivity index (χ0n) is 16.5. The van der Waals surface area contributed by atoms with Crippen molar-refractivity contribution < 1.29 is 14.3 Å². The maximum absolute atomic E-state index is 12.5. The molecule has 2 aromatic heterocycles. The quantitative estimate of drug-likeness (QED) is 0.457. The number of aromatic nitrogens is 2. The van der Waals surface area contributed by atoms with Gasteiger partial charge in [0.05, 0.1) is 16.8 Å². The Morgan fingerprint density at radius 1 is 1.00 bits per heavy atom. The van der Waals surface area contributed by atoms with Gasteiger partial charge in [-0.1, -0.05) is 12.1 Å². The average Bonchev–Trinajstić information content (AvgIpc) is 3.17. The summed E-state index contributed by atoms with van der Waals surface area (Å²) in [7, 11) is 0. The number of pyridine rings is 1. The summed E-state index contributed by atoms with van der Waals surface area (Å²) in [5.41, 5.74) is 4.04. The molecule has 0 unspecified atom stereocenters. The molecule has 0 bridgehead atoms. The molecule has 1 N–H and O–H groups in total. The largest absolute Gasteiger partial charge is 0.461 e. The van der Waals surface area contributed by atoms with Gasteiger partial charge in [-0.15, -0.1) is 11.3 Å². The van der Waals surface area contributed by atoms with E-state index in [1.165, 1.54) is 11.6 Å². The smallest absolute Gasteiger partial charge is 0.356 e. The van der Waals surface area contributed by atoms with Crippen molar-refractivity contribution in [2.45, 2.75) is 13.8 Å². The minimum absolute atomic E-state index is 0.103. The third kappa shape index (κ3) is 4.21. The predicted molar refractivity (Wildman–Crippen MR) is 118 cm³/mol. The Kier molecular flexibility index (Phi) is 5.54. The SMILES string of the molecule is CCOC(=O)c1cccc(C(=O)Nc2ccc(-c3nc4ccc(C)cc4s3)cc2)n1. The Morgan fingerprint density at radius 2 is 1.77 bits per heavy atom. The zero-order valence-corrected chi connectivity index (χ0v) is 17.3. The second-order valence-electron chi connectivity index (χ2n) is 6.65.